The van der Waals surface area contributed by atoms with Crippen molar-refractivity contribution in [3.63, 3.8) is 0 Å². The van der Waals surface area contributed by atoms with E-state index in [1.54, 1.807) is 6.92 Å². The minimum Gasteiger partial charge on any atom is -0.481 e. The van der Waals surface area contributed by atoms with Gasteiger partial charge in [0, 0.05) is 25.0 Å². The molecule has 0 aliphatic rings. The molecule has 0 saturated carbocycles. The van der Waals surface area contributed by atoms with Gasteiger partial charge in [-0.05, 0) is 20.8 Å². The Morgan fingerprint density at radius 1 is 1.47 bits per heavy atom. The van der Waals surface area contributed by atoms with Crippen molar-refractivity contribution in [2.24, 2.45) is 0 Å². The number of aliphatic carboxylic acids is 1. The van der Waals surface area contributed by atoms with E-state index < -0.39 is 5.97 Å². The second-order valence-electron chi connectivity index (χ2n) is 3.99. The first-order valence-electron chi connectivity index (χ1n) is 5.64. The third-order valence-electron chi connectivity index (χ3n) is 2.40. The van der Waals surface area contributed by atoms with Gasteiger partial charge < -0.3 is 15.3 Å². The average molecular weight is 240 g/mol. The maximum Gasteiger partial charge on any atom is 0.317 e. The molecule has 2 unspecified atom stereocenters. The van der Waals surface area contributed by atoms with Crippen LogP contribution in [0, 0.1) is 12.3 Å². The summed E-state index contributed by atoms with van der Waals surface area (Å²) in [6.07, 6.45) is 5.54. The number of amides is 2. The SMILES string of the molecule is C#CCC(C)NC(=O)N(CC)C(C)CC(=O)O. The fraction of sp³-hybridized carbons (Fsp3) is 0.667. The van der Waals surface area contributed by atoms with Crippen LogP contribution in [-0.2, 0) is 4.79 Å². The number of carbonyl (C=O) groups excluding carboxylic acids is 1. The zero-order chi connectivity index (χ0) is 13.4. The molecule has 0 radical (unpaired) electrons. The smallest absolute Gasteiger partial charge is 0.317 e. The molecule has 0 fully saturated rings. The maximum atomic E-state index is 11.8. The van der Waals surface area contributed by atoms with Gasteiger partial charge in [-0.1, -0.05) is 0 Å². The highest BCUT2D eigenvalue weighted by molar-refractivity contribution is 5.76. The molecular formula is C12H20N2O3. The molecule has 0 saturated heterocycles. The van der Waals surface area contributed by atoms with Crippen LogP contribution in [0.2, 0.25) is 0 Å². The van der Waals surface area contributed by atoms with Crippen molar-refractivity contribution in [2.75, 3.05) is 6.54 Å². The van der Waals surface area contributed by atoms with E-state index in [0.29, 0.717) is 13.0 Å². The van der Waals surface area contributed by atoms with Crippen molar-refractivity contribution in [1.82, 2.24) is 10.2 Å². The Hall–Kier alpha value is -1.70. The molecule has 0 bridgehead atoms. The molecule has 0 rings (SSSR count). The van der Waals surface area contributed by atoms with Crippen LogP contribution in [0.15, 0.2) is 0 Å². The summed E-state index contributed by atoms with van der Waals surface area (Å²) in [6, 6.07) is -0.724. The normalized spacial score (nSPS) is 13.3. The van der Waals surface area contributed by atoms with Gasteiger partial charge in [0.15, 0.2) is 0 Å². The van der Waals surface area contributed by atoms with Crippen LogP contribution in [0.25, 0.3) is 0 Å². The molecule has 0 heterocycles. The highest BCUT2D eigenvalue weighted by Crippen LogP contribution is 2.05. The van der Waals surface area contributed by atoms with Crippen LogP contribution >= 0.6 is 0 Å². The summed E-state index contributed by atoms with van der Waals surface area (Å²) in [5.41, 5.74) is 0. The first kappa shape index (κ1) is 15.3. The Kier molecular flexibility index (Phi) is 6.80. The number of urea groups is 1. The number of nitrogens with one attached hydrogen (secondary N) is 1. The van der Waals surface area contributed by atoms with Gasteiger partial charge in [-0.25, -0.2) is 4.79 Å². The van der Waals surface area contributed by atoms with E-state index in [1.165, 1.54) is 4.90 Å². The summed E-state index contributed by atoms with van der Waals surface area (Å²) in [5, 5.41) is 11.4. The number of carbonyl (C=O) groups is 2. The molecule has 2 amide bonds. The van der Waals surface area contributed by atoms with Gasteiger partial charge in [0.2, 0.25) is 0 Å². The lowest BCUT2D eigenvalue weighted by molar-refractivity contribution is -0.138. The molecule has 2 N–H and O–H groups in total. The lowest BCUT2D eigenvalue weighted by atomic mass is 10.2. The quantitative estimate of drug-likeness (QED) is 0.687. The largest absolute Gasteiger partial charge is 0.481 e. The van der Waals surface area contributed by atoms with Gasteiger partial charge in [-0.15, -0.1) is 12.3 Å². The number of terminal acetylenes is 1. The maximum absolute atomic E-state index is 11.8. The zero-order valence-electron chi connectivity index (χ0n) is 10.6. The average Bonchev–Trinajstić information content (AvgIpc) is 2.17. The summed E-state index contributed by atoms with van der Waals surface area (Å²) in [6.45, 7) is 5.79. The zero-order valence-corrected chi connectivity index (χ0v) is 10.6. The summed E-state index contributed by atoms with van der Waals surface area (Å²) < 4.78 is 0. The third kappa shape index (κ3) is 5.81. The Labute approximate surface area is 102 Å². The summed E-state index contributed by atoms with van der Waals surface area (Å²) in [5.74, 6) is 1.55. The number of hydrogen-bond donors (Lipinski definition) is 2. The summed E-state index contributed by atoms with van der Waals surface area (Å²) in [7, 11) is 0. The van der Waals surface area contributed by atoms with Crippen molar-refractivity contribution in [1.29, 1.82) is 0 Å². The van der Waals surface area contributed by atoms with Crippen molar-refractivity contribution < 1.29 is 14.7 Å². The van der Waals surface area contributed by atoms with E-state index in [1.807, 2.05) is 13.8 Å². The van der Waals surface area contributed by atoms with E-state index in [-0.39, 0.29) is 24.5 Å². The number of hydrogen-bond acceptors (Lipinski definition) is 2. The van der Waals surface area contributed by atoms with Crippen LogP contribution in [0.5, 0.6) is 0 Å². The van der Waals surface area contributed by atoms with Crippen molar-refractivity contribution in [3.05, 3.63) is 0 Å². The van der Waals surface area contributed by atoms with Gasteiger partial charge in [-0.3, -0.25) is 4.79 Å². The summed E-state index contributed by atoms with van der Waals surface area (Å²) >= 11 is 0. The highest BCUT2D eigenvalue weighted by atomic mass is 16.4. The van der Waals surface area contributed by atoms with Gasteiger partial charge in [-0.2, -0.15) is 0 Å². The molecule has 0 aromatic heterocycles. The fourth-order valence-corrected chi connectivity index (χ4v) is 1.54. The molecule has 0 aromatic carbocycles. The molecule has 17 heavy (non-hydrogen) atoms. The van der Waals surface area contributed by atoms with Crippen LogP contribution < -0.4 is 5.32 Å². The Morgan fingerprint density at radius 2 is 2.06 bits per heavy atom. The van der Waals surface area contributed by atoms with Crippen LogP contribution in [0.3, 0.4) is 0 Å². The monoisotopic (exact) mass is 240 g/mol. The predicted octanol–water partition coefficient (Wildman–Crippen LogP) is 1.29. The van der Waals surface area contributed by atoms with E-state index in [9.17, 15) is 9.59 Å². The van der Waals surface area contributed by atoms with Crippen LogP contribution in [0.4, 0.5) is 4.79 Å². The first-order valence-corrected chi connectivity index (χ1v) is 5.64. The number of carboxylic acids is 1. The minimum atomic E-state index is -0.916. The van der Waals surface area contributed by atoms with E-state index in [2.05, 4.69) is 11.2 Å². The molecule has 5 heteroatoms. The van der Waals surface area contributed by atoms with Crippen molar-refractivity contribution in [2.45, 2.75) is 45.7 Å². The number of nitrogens with zero attached hydrogens (tertiary/aromatic N) is 1. The lowest BCUT2D eigenvalue weighted by Crippen LogP contribution is -2.48. The van der Waals surface area contributed by atoms with Crippen molar-refractivity contribution in [3.8, 4) is 12.3 Å². The number of rotatable bonds is 6. The Morgan fingerprint density at radius 3 is 2.47 bits per heavy atom. The molecule has 96 valence electrons. The number of carboxylic acid groups (broad SMARTS) is 1. The van der Waals surface area contributed by atoms with Gasteiger partial charge in [0.25, 0.3) is 0 Å². The van der Waals surface area contributed by atoms with Crippen molar-refractivity contribution >= 4 is 12.0 Å². The summed E-state index contributed by atoms with van der Waals surface area (Å²) in [4.78, 5) is 23.9. The standard InChI is InChI=1S/C12H20N2O3/c1-5-7-9(3)13-12(17)14(6-2)10(4)8-11(15)16/h1,9-10H,6-8H2,2-4H3,(H,13,17)(H,15,16). The predicted molar refractivity (Wildman–Crippen MR) is 65.5 cm³/mol. The van der Waals surface area contributed by atoms with Gasteiger partial charge in [0.05, 0.1) is 6.42 Å². The second kappa shape index (κ2) is 7.55. The minimum absolute atomic E-state index is 0.0647. The molecular weight excluding hydrogens is 220 g/mol. The Balaban J connectivity index is 4.40. The molecule has 5 nitrogen and oxygen atoms in total. The van der Waals surface area contributed by atoms with Gasteiger partial charge >= 0.3 is 12.0 Å². The van der Waals surface area contributed by atoms with E-state index in [4.69, 9.17) is 11.5 Å². The van der Waals surface area contributed by atoms with E-state index >= 15 is 0 Å². The lowest BCUT2D eigenvalue weighted by Gasteiger charge is -2.28. The van der Waals surface area contributed by atoms with Crippen LogP contribution in [-0.4, -0.2) is 40.6 Å². The molecule has 0 aromatic rings. The fourth-order valence-electron chi connectivity index (χ4n) is 1.54. The topological polar surface area (TPSA) is 69.6 Å². The molecule has 0 aliphatic carbocycles. The highest BCUT2D eigenvalue weighted by Gasteiger charge is 2.21. The first-order chi connectivity index (χ1) is 7.92. The molecule has 0 aliphatic heterocycles. The second-order valence-corrected chi connectivity index (χ2v) is 3.99. The van der Waals surface area contributed by atoms with Gasteiger partial charge in [0.1, 0.15) is 0 Å². The molecule has 0 spiro atoms. The van der Waals surface area contributed by atoms with E-state index in [0.717, 1.165) is 0 Å². The third-order valence-corrected chi connectivity index (χ3v) is 2.40. The Bertz CT molecular complexity index is 309. The molecule has 2 atom stereocenters. The van der Waals surface area contributed by atoms with Crippen LogP contribution in [0.1, 0.15) is 33.6 Å².